The third-order valence-corrected chi connectivity index (χ3v) is 4.24. The minimum absolute atomic E-state index is 0.296. The van der Waals surface area contributed by atoms with Gasteiger partial charge in [0.05, 0.1) is 4.90 Å². The van der Waals surface area contributed by atoms with E-state index >= 15 is 0 Å². The molecule has 0 unspecified atom stereocenters. The maximum absolute atomic E-state index is 11.9. The summed E-state index contributed by atoms with van der Waals surface area (Å²) in [4.78, 5) is 0.296. The summed E-state index contributed by atoms with van der Waals surface area (Å²) in [6.07, 6.45) is 1.66. The van der Waals surface area contributed by atoms with Crippen LogP contribution in [0, 0.1) is 0 Å². The van der Waals surface area contributed by atoms with Gasteiger partial charge < -0.3 is 5.73 Å². The SMILES string of the molecule is NCC1(NS(=O)(=O)c2ccccc2)CC1. The number of sulfonamides is 1. The Kier molecular flexibility index (Phi) is 2.54. The average Bonchev–Trinajstić information content (AvgIpc) is 2.99. The fraction of sp³-hybridized carbons (Fsp3) is 0.400. The van der Waals surface area contributed by atoms with Crippen LogP contribution >= 0.6 is 0 Å². The lowest BCUT2D eigenvalue weighted by atomic mass is 10.3. The Bertz CT molecular complexity index is 438. The normalized spacial score (nSPS) is 18.7. The highest BCUT2D eigenvalue weighted by molar-refractivity contribution is 7.89. The van der Waals surface area contributed by atoms with Crippen LogP contribution in [-0.2, 0) is 10.0 Å². The number of benzene rings is 1. The van der Waals surface area contributed by atoms with Crippen molar-refractivity contribution in [2.75, 3.05) is 6.54 Å². The van der Waals surface area contributed by atoms with Crippen LogP contribution in [0.1, 0.15) is 12.8 Å². The molecule has 0 aromatic heterocycles. The van der Waals surface area contributed by atoms with E-state index < -0.39 is 10.0 Å². The van der Waals surface area contributed by atoms with Crippen molar-refractivity contribution in [1.29, 1.82) is 0 Å². The molecule has 0 atom stereocenters. The summed E-state index contributed by atoms with van der Waals surface area (Å²) < 4.78 is 26.4. The Morgan fingerprint density at radius 1 is 1.27 bits per heavy atom. The molecule has 2 rings (SSSR count). The van der Waals surface area contributed by atoms with E-state index in [4.69, 9.17) is 5.73 Å². The number of nitrogens with one attached hydrogen (secondary N) is 1. The van der Waals surface area contributed by atoms with Crippen molar-refractivity contribution in [3.8, 4) is 0 Å². The lowest BCUT2D eigenvalue weighted by Crippen LogP contribution is -2.42. The first-order valence-corrected chi connectivity index (χ1v) is 6.35. The van der Waals surface area contributed by atoms with Gasteiger partial charge in [-0.3, -0.25) is 0 Å². The molecule has 0 aliphatic heterocycles. The molecule has 1 aromatic carbocycles. The van der Waals surface area contributed by atoms with Crippen LogP contribution in [0.4, 0.5) is 0 Å². The van der Waals surface area contributed by atoms with E-state index in [1.165, 1.54) is 0 Å². The zero-order valence-electron chi connectivity index (χ0n) is 8.31. The molecule has 82 valence electrons. The summed E-state index contributed by atoms with van der Waals surface area (Å²) in [5, 5.41) is 0. The monoisotopic (exact) mass is 226 g/mol. The van der Waals surface area contributed by atoms with Gasteiger partial charge in [-0.1, -0.05) is 18.2 Å². The van der Waals surface area contributed by atoms with E-state index in [-0.39, 0.29) is 5.54 Å². The Hall–Kier alpha value is -0.910. The van der Waals surface area contributed by atoms with Crippen molar-refractivity contribution in [1.82, 2.24) is 4.72 Å². The second kappa shape index (κ2) is 3.59. The van der Waals surface area contributed by atoms with Gasteiger partial charge in [-0.25, -0.2) is 13.1 Å². The van der Waals surface area contributed by atoms with Crippen molar-refractivity contribution in [3.63, 3.8) is 0 Å². The molecule has 1 saturated carbocycles. The maximum atomic E-state index is 11.9. The minimum Gasteiger partial charge on any atom is -0.329 e. The van der Waals surface area contributed by atoms with Gasteiger partial charge >= 0.3 is 0 Å². The molecule has 4 nitrogen and oxygen atoms in total. The summed E-state index contributed by atoms with van der Waals surface area (Å²) in [6.45, 7) is 0.360. The molecule has 1 aromatic rings. The molecule has 5 heteroatoms. The van der Waals surface area contributed by atoms with Crippen LogP contribution in [-0.4, -0.2) is 20.5 Å². The maximum Gasteiger partial charge on any atom is 0.241 e. The van der Waals surface area contributed by atoms with Gasteiger partial charge in [0.2, 0.25) is 10.0 Å². The molecule has 0 radical (unpaired) electrons. The van der Waals surface area contributed by atoms with Crippen molar-refractivity contribution >= 4 is 10.0 Å². The van der Waals surface area contributed by atoms with Crippen LogP contribution in [0.2, 0.25) is 0 Å². The molecule has 3 N–H and O–H groups in total. The van der Waals surface area contributed by atoms with Gasteiger partial charge in [0.15, 0.2) is 0 Å². The molecule has 15 heavy (non-hydrogen) atoms. The van der Waals surface area contributed by atoms with E-state index in [0.717, 1.165) is 12.8 Å². The fourth-order valence-corrected chi connectivity index (χ4v) is 2.93. The standard InChI is InChI=1S/C10H14N2O2S/c11-8-10(6-7-10)12-15(13,14)9-4-2-1-3-5-9/h1-5,12H,6-8,11H2. The predicted octanol–water partition coefficient (Wildman–Crippen LogP) is 0.456. The van der Waals surface area contributed by atoms with Crippen LogP contribution < -0.4 is 10.5 Å². The molecular weight excluding hydrogens is 212 g/mol. The van der Waals surface area contributed by atoms with E-state index in [1.807, 2.05) is 0 Å². The molecule has 0 bridgehead atoms. The Morgan fingerprint density at radius 2 is 1.87 bits per heavy atom. The molecule has 0 saturated heterocycles. The average molecular weight is 226 g/mol. The van der Waals surface area contributed by atoms with Crippen molar-refractivity contribution in [2.24, 2.45) is 5.73 Å². The van der Waals surface area contributed by atoms with Gasteiger partial charge in [-0.15, -0.1) is 0 Å². The van der Waals surface area contributed by atoms with Crippen molar-refractivity contribution < 1.29 is 8.42 Å². The van der Waals surface area contributed by atoms with Crippen LogP contribution in [0.3, 0.4) is 0 Å². The molecule has 0 amide bonds. The Labute approximate surface area is 89.5 Å². The molecule has 0 spiro atoms. The summed E-state index contributed by atoms with van der Waals surface area (Å²) in [6, 6.07) is 8.35. The Balaban J connectivity index is 2.22. The van der Waals surface area contributed by atoms with Gasteiger partial charge in [-0.2, -0.15) is 0 Å². The quantitative estimate of drug-likeness (QED) is 0.783. The second-order valence-electron chi connectivity index (χ2n) is 3.90. The van der Waals surface area contributed by atoms with Gasteiger partial charge in [-0.05, 0) is 25.0 Å². The van der Waals surface area contributed by atoms with E-state index in [1.54, 1.807) is 30.3 Å². The number of nitrogens with two attached hydrogens (primary N) is 1. The second-order valence-corrected chi connectivity index (χ2v) is 5.59. The zero-order valence-corrected chi connectivity index (χ0v) is 9.13. The lowest BCUT2D eigenvalue weighted by molar-refractivity contribution is 0.545. The number of hydrogen-bond acceptors (Lipinski definition) is 3. The van der Waals surface area contributed by atoms with E-state index in [2.05, 4.69) is 4.72 Å². The van der Waals surface area contributed by atoms with Crippen LogP contribution in [0.15, 0.2) is 35.2 Å². The first kappa shape index (κ1) is 10.6. The third kappa shape index (κ3) is 2.19. The molecule has 1 aliphatic carbocycles. The molecule has 1 aliphatic rings. The highest BCUT2D eigenvalue weighted by atomic mass is 32.2. The summed E-state index contributed by atoms with van der Waals surface area (Å²) in [5.74, 6) is 0. The van der Waals surface area contributed by atoms with Gasteiger partial charge in [0.1, 0.15) is 0 Å². The fourth-order valence-electron chi connectivity index (χ4n) is 1.44. The predicted molar refractivity (Wildman–Crippen MR) is 57.8 cm³/mol. The number of hydrogen-bond donors (Lipinski definition) is 2. The Morgan fingerprint density at radius 3 is 2.33 bits per heavy atom. The van der Waals surface area contributed by atoms with Crippen molar-refractivity contribution in [3.05, 3.63) is 30.3 Å². The molecular formula is C10H14N2O2S. The zero-order chi connectivity index (χ0) is 10.9. The summed E-state index contributed by atoms with van der Waals surface area (Å²) >= 11 is 0. The van der Waals surface area contributed by atoms with E-state index in [9.17, 15) is 8.42 Å². The third-order valence-electron chi connectivity index (χ3n) is 2.65. The van der Waals surface area contributed by atoms with Crippen LogP contribution in [0.5, 0.6) is 0 Å². The first-order valence-electron chi connectivity index (χ1n) is 4.87. The largest absolute Gasteiger partial charge is 0.329 e. The number of rotatable bonds is 4. The van der Waals surface area contributed by atoms with Gasteiger partial charge in [0, 0.05) is 12.1 Å². The highest BCUT2D eigenvalue weighted by Gasteiger charge is 2.44. The molecule has 1 fully saturated rings. The molecule has 0 heterocycles. The van der Waals surface area contributed by atoms with E-state index in [0.29, 0.717) is 11.4 Å². The minimum atomic E-state index is -3.40. The van der Waals surface area contributed by atoms with Gasteiger partial charge in [0.25, 0.3) is 0 Å². The topological polar surface area (TPSA) is 72.2 Å². The highest BCUT2D eigenvalue weighted by Crippen LogP contribution is 2.35. The lowest BCUT2D eigenvalue weighted by Gasteiger charge is -2.14. The smallest absolute Gasteiger partial charge is 0.241 e. The first-order chi connectivity index (χ1) is 7.08. The summed E-state index contributed by atoms with van der Waals surface area (Å²) in [7, 11) is -3.40. The summed E-state index contributed by atoms with van der Waals surface area (Å²) in [5.41, 5.74) is 5.15. The van der Waals surface area contributed by atoms with Crippen LogP contribution in [0.25, 0.3) is 0 Å². The van der Waals surface area contributed by atoms with Crippen molar-refractivity contribution in [2.45, 2.75) is 23.3 Å².